The summed E-state index contributed by atoms with van der Waals surface area (Å²) in [6.45, 7) is 2.56. The molecule has 1 aliphatic heterocycles. The molecule has 5 rings (SSSR count). The lowest BCUT2D eigenvalue weighted by molar-refractivity contribution is -0.150. The Labute approximate surface area is 805 Å². The molecule has 0 radical (unpaired) electrons. The van der Waals surface area contributed by atoms with Crippen LogP contribution in [0, 0.1) is 5.92 Å². The topological polar surface area (TPSA) is 834 Å². The smallest absolute Gasteiger partial charge is 0.326 e. The first-order valence-electron chi connectivity index (χ1n) is 45.8. The van der Waals surface area contributed by atoms with Crippen molar-refractivity contribution < 1.29 is 137 Å². The average Bonchev–Trinajstić information content (AvgIpc) is 1.68. The molecule has 17 atom stereocenters. The minimum Gasteiger partial charge on any atom is -0.508 e. The summed E-state index contributed by atoms with van der Waals surface area (Å²) in [6, 6.07) is -6.29. The third-order valence-electron chi connectivity index (χ3n) is 22.4. The van der Waals surface area contributed by atoms with Crippen LogP contribution >= 0.6 is 0 Å². The maximum Gasteiger partial charge on any atom is 0.326 e. The van der Waals surface area contributed by atoms with Gasteiger partial charge in [-0.3, -0.25) is 91.1 Å². The van der Waals surface area contributed by atoms with Crippen LogP contribution in [0.4, 0.5) is 0 Å². The van der Waals surface area contributed by atoms with E-state index in [1.165, 1.54) is 36.8 Å². The number of aliphatic carboxylic acids is 4. The number of carboxylic acid groups (broad SMARTS) is 4. The van der Waals surface area contributed by atoms with E-state index in [-0.39, 0.29) is 127 Å². The number of carbonyl (C=O) groups excluding carboxylic acids is 16. The maximum absolute atomic E-state index is 15.3. The van der Waals surface area contributed by atoms with Crippen molar-refractivity contribution in [3.63, 3.8) is 0 Å². The normalized spacial score (nSPS) is 15.7. The Morgan fingerprint density at radius 1 is 0.407 bits per heavy atom. The zero-order chi connectivity index (χ0) is 104. The number of hydrogen-bond acceptors (Lipinski definition) is 29. The standard InChI is InChI=1S/C90H132N22O28/c1-48(2)37-61(104-80(129)60(30-32-72(120)121)102-79(128)59(29-31-71(118)119)101-76(125)56(21-10-13-33-91)98-82(131)62(103-75(124)55(94)45-113)38-50-17-6-4-7-18-50)81(130)109-67(43-73(122)123)86(135)100-57(22-11-14-34-92)77(126)105-64(40-52-25-27-54(116)28-26-52)84(133)106-63(39-51-19-8-5-9-20-51)83(132)99-58(23-12-15-35-93)78(127)108-66(42-70(95)117)85(134)107-65(41-53-44-96-47-97-53)87(136)111-74(49(3)115)88(137)110-68(46-114)89(138)112-36-16-24-69(112)90(139)140/h4-9,17-20,25-28,44,47-49,55-69,74,113-116H,10-16,21-24,29-43,45-46,91-94H2,1-3H3,(H2,95,117)(H,96,97)(H,98,131)(H,99,132)(H,100,135)(H,101,125)(H,102,128)(H,103,124)(H,104,129)(H,105,126)(H,106,133)(H,107,134)(H,108,127)(H,109,130)(H,110,137)(H,111,136)(H,118,119)(H,120,121)(H,122,123)(H,139,140). The predicted molar refractivity (Wildman–Crippen MR) is 496 cm³/mol. The van der Waals surface area contributed by atoms with Crippen LogP contribution in [-0.4, -0.2) is 316 Å². The van der Waals surface area contributed by atoms with Gasteiger partial charge >= 0.3 is 23.9 Å². The molecule has 1 fully saturated rings. The van der Waals surface area contributed by atoms with Crippen molar-refractivity contribution >= 4 is 118 Å². The van der Waals surface area contributed by atoms with Crippen molar-refractivity contribution in [2.45, 2.75) is 265 Å². The summed E-state index contributed by atoms with van der Waals surface area (Å²) in [7, 11) is 0. The second kappa shape index (κ2) is 60.5. The number of imidazole rings is 1. The lowest BCUT2D eigenvalue weighted by Gasteiger charge is -2.29. The van der Waals surface area contributed by atoms with Gasteiger partial charge < -0.3 is 154 Å². The second-order valence-electron chi connectivity index (χ2n) is 34.2. The summed E-state index contributed by atoms with van der Waals surface area (Å²) in [5, 5.41) is 115. The molecule has 3 aromatic carbocycles. The van der Waals surface area contributed by atoms with Crippen LogP contribution in [0.3, 0.4) is 0 Å². The van der Waals surface area contributed by atoms with E-state index < -0.39 is 292 Å². The highest BCUT2D eigenvalue weighted by Gasteiger charge is 2.43. The number of hydrogen-bond donors (Lipinski definition) is 28. The Balaban J connectivity index is 1.44. The van der Waals surface area contributed by atoms with E-state index in [4.69, 9.17) is 28.7 Å². The van der Waals surface area contributed by atoms with Crippen LogP contribution in [0.1, 0.15) is 159 Å². The third kappa shape index (κ3) is 40.8. The van der Waals surface area contributed by atoms with Gasteiger partial charge in [-0.2, -0.15) is 0 Å². The lowest BCUT2D eigenvalue weighted by Crippen LogP contribution is -2.62. The summed E-state index contributed by atoms with van der Waals surface area (Å²) in [4.78, 5) is 286. The van der Waals surface area contributed by atoms with Crippen molar-refractivity contribution in [3.05, 3.63) is 120 Å². The number of phenols is 1. The number of nitrogens with two attached hydrogens (primary N) is 5. The molecule has 0 saturated carbocycles. The van der Waals surface area contributed by atoms with E-state index in [9.17, 15) is 122 Å². The molecule has 140 heavy (non-hydrogen) atoms. The minimum absolute atomic E-state index is 0.0252. The fraction of sp³-hybridized carbons (Fsp3) is 0.544. The Bertz CT molecular complexity index is 4810. The number of rotatable bonds is 65. The van der Waals surface area contributed by atoms with Gasteiger partial charge in [0.2, 0.25) is 94.5 Å². The van der Waals surface area contributed by atoms with Gasteiger partial charge in [-0.25, -0.2) is 9.78 Å². The van der Waals surface area contributed by atoms with Crippen molar-refractivity contribution in [1.29, 1.82) is 0 Å². The molecule has 0 bridgehead atoms. The summed E-state index contributed by atoms with van der Waals surface area (Å²) >= 11 is 0. The number of nitrogens with one attached hydrogen (secondary N) is 15. The molecule has 16 amide bonds. The molecule has 50 nitrogen and oxygen atoms in total. The second-order valence-corrected chi connectivity index (χ2v) is 34.2. The molecule has 4 aromatic rings. The Morgan fingerprint density at radius 2 is 0.757 bits per heavy atom. The number of phenolic OH excluding ortho intramolecular Hbond substituents is 1. The molecule has 0 aliphatic carbocycles. The molecule has 17 unspecified atom stereocenters. The Morgan fingerprint density at radius 3 is 1.12 bits per heavy atom. The van der Waals surface area contributed by atoms with E-state index in [1.807, 2.05) is 0 Å². The first kappa shape index (κ1) is 116. The van der Waals surface area contributed by atoms with Crippen LogP contribution in [0.25, 0.3) is 0 Å². The summed E-state index contributed by atoms with van der Waals surface area (Å²) in [5.74, 6) is -25.3. The number of unbranched alkanes of at least 4 members (excludes halogenated alkanes) is 3. The van der Waals surface area contributed by atoms with Crippen LogP contribution in [-0.2, 0) is 122 Å². The molecular formula is C90H132N22O28. The number of aromatic hydroxyl groups is 1. The third-order valence-corrected chi connectivity index (χ3v) is 22.4. The number of nitrogens with zero attached hydrogens (tertiary/aromatic N) is 2. The van der Waals surface area contributed by atoms with E-state index in [2.05, 4.69) is 84.4 Å². The lowest BCUT2D eigenvalue weighted by atomic mass is 10.00. The number of likely N-dealkylation sites (tertiary alicyclic amines) is 1. The van der Waals surface area contributed by atoms with Crippen LogP contribution in [0.2, 0.25) is 0 Å². The van der Waals surface area contributed by atoms with Crippen LogP contribution in [0.5, 0.6) is 5.75 Å². The number of aromatic amines is 1. The molecule has 1 aliphatic rings. The summed E-state index contributed by atoms with van der Waals surface area (Å²) in [5.41, 5.74) is 30.3. The number of aliphatic hydroxyl groups is 3. The van der Waals surface area contributed by atoms with E-state index >= 15 is 14.4 Å². The maximum atomic E-state index is 15.3. The first-order valence-corrected chi connectivity index (χ1v) is 45.8. The Hall–Kier alpha value is -14.2. The zero-order valence-corrected chi connectivity index (χ0v) is 78.0. The van der Waals surface area contributed by atoms with Gasteiger partial charge in [0.05, 0.1) is 38.5 Å². The quantitative estimate of drug-likeness (QED) is 0.0183. The fourth-order valence-corrected chi connectivity index (χ4v) is 14.8. The Kier molecular flexibility index (Phi) is 50.2. The van der Waals surface area contributed by atoms with E-state index in [1.54, 1.807) is 74.5 Å². The monoisotopic (exact) mass is 1970 g/mol. The highest BCUT2D eigenvalue weighted by Crippen LogP contribution is 2.21. The van der Waals surface area contributed by atoms with Crippen molar-refractivity contribution in [1.82, 2.24) is 89.3 Å². The number of primary amides is 1. The highest BCUT2D eigenvalue weighted by atomic mass is 16.4. The van der Waals surface area contributed by atoms with Gasteiger partial charge in [0.25, 0.3) is 0 Å². The number of H-pyrrole nitrogens is 1. The zero-order valence-electron chi connectivity index (χ0n) is 78.0. The SMILES string of the molecule is CC(C)CC(NC(=O)C(CCC(=O)O)NC(=O)C(CCC(=O)O)NC(=O)C(CCCCN)NC(=O)C(Cc1ccccc1)NC(=O)C(N)CO)C(=O)NC(CC(=O)O)C(=O)NC(CCCCN)C(=O)NC(Cc1ccc(O)cc1)C(=O)NC(Cc1ccccc1)C(=O)NC(CCCCN)C(=O)NC(CC(N)=O)C(=O)NC(Cc1cnc[nH]1)C(=O)NC(C(=O)NC(CO)C(=O)N1CCCC1C(=O)O)C(C)O. The summed E-state index contributed by atoms with van der Waals surface area (Å²) < 4.78 is 0. The van der Waals surface area contributed by atoms with Crippen LogP contribution < -0.4 is 103 Å². The first-order chi connectivity index (χ1) is 66.5. The predicted octanol–water partition coefficient (Wildman–Crippen LogP) is -7.55. The van der Waals surface area contributed by atoms with Gasteiger partial charge in [0, 0.05) is 57.0 Å². The number of carbonyl (C=O) groups is 20. The molecule has 770 valence electrons. The van der Waals surface area contributed by atoms with Crippen LogP contribution in [0.15, 0.2) is 97.5 Å². The molecule has 1 saturated heterocycles. The van der Waals surface area contributed by atoms with E-state index in [0.29, 0.717) is 17.5 Å². The molecule has 2 heterocycles. The largest absolute Gasteiger partial charge is 0.508 e. The van der Waals surface area contributed by atoms with Gasteiger partial charge in [-0.05, 0) is 151 Å². The highest BCUT2D eigenvalue weighted by molar-refractivity contribution is 6.02. The van der Waals surface area contributed by atoms with Gasteiger partial charge in [0.15, 0.2) is 0 Å². The molecular weight excluding hydrogens is 1840 g/mol. The number of carboxylic acids is 4. The number of amides is 16. The molecule has 50 heteroatoms. The van der Waals surface area contributed by atoms with E-state index in [0.717, 1.165) is 11.8 Å². The summed E-state index contributed by atoms with van der Waals surface area (Å²) in [6.07, 6.45) is -5.66. The molecule has 1 aromatic heterocycles. The number of aromatic nitrogens is 2. The van der Waals surface area contributed by atoms with Crippen molar-refractivity contribution in [3.8, 4) is 5.75 Å². The van der Waals surface area contributed by atoms with Crippen molar-refractivity contribution in [2.75, 3.05) is 39.4 Å². The minimum atomic E-state index is -2.13. The fourth-order valence-electron chi connectivity index (χ4n) is 14.8. The molecule has 0 spiro atoms. The number of benzene rings is 3. The average molecular weight is 1970 g/mol. The number of aliphatic hydroxyl groups excluding tert-OH is 3. The van der Waals surface area contributed by atoms with Gasteiger partial charge in [-0.1, -0.05) is 86.6 Å². The van der Waals surface area contributed by atoms with Crippen molar-refractivity contribution in [2.24, 2.45) is 34.6 Å². The van der Waals surface area contributed by atoms with Gasteiger partial charge in [0.1, 0.15) is 102 Å². The molecule has 33 N–H and O–H groups in total. The van der Waals surface area contributed by atoms with Gasteiger partial charge in [-0.15, -0.1) is 0 Å².